The third-order valence-corrected chi connectivity index (χ3v) is 3.78. The first kappa shape index (κ1) is 13.9. The van der Waals surface area contributed by atoms with Crippen molar-refractivity contribution in [2.45, 2.75) is 0 Å². The van der Waals surface area contributed by atoms with Crippen molar-refractivity contribution < 1.29 is 0 Å². The number of pyridine rings is 1. The Balaban J connectivity index is 2.27. The second kappa shape index (κ2) is 5.39. The van der Waals surface area contributed by atoms with E-state index in [1.807, 2.05) is 18.2 Å². The van der Waals surface area contributed by atoms with Crippen LogP contribution < -0.4 is 5.73 Å². The van der Waals surface area contributed by atoms with Gasteiger partial charge in [-0.25, -0.2) is 0 Å². The Kier molecular flexibility index (Phi) is 3.57. The predicted molar refractivity (Wildman–Crippen MR) is 86.3 cm³/mol. The van der Waals surface area contributed by atoms with Gasteiger partial charge in [-0.15, -0.1) is 0 Å². The van der Waals surface area contributed by atoms with Gasteiger partial charge in [-0.05, 0) is 24.3 Å². The quantitative estimate of drug-likeness (QED) is 0.775. The zero-order valence-corrected chi connectivity index (χ0v) is 12.7. The van der Waals surface area contributed by atoms with Gasteiger partial charge < -0.3 is 5.73 Å². The second-order valence-electron chi connectivity index (χ2n) is 4.60. The molecule has 0 aliphatic carbocycles. The molecule has 0 saturated heterocycles. The number of nitrogens with two attached hydrogens (primary N) is 1. The molecule has 106 valence electrons. The van der Waals surface area contributed by atoms with Crippen LogP contribution in [0, 0.1) is 0 Å². The third-order valence-electron chi connectivity index (χ3n) is 3.23. The molecule has 2 heterocycles. The van der Waals surface area contributed by atoms with Gasteiger partial charge in [0.2, 0.25) is 0 Å². The molecular formula is C15H12Cl2N4. The van der Waals surface area contributed by atoms with E-state index in [0.29, 0.717) is 21.6 Å². The molecule has 0 fully saturated rings. The highest BCUT2D eigenvalue weighted by atomic mass is 35.5. The lowest BCUT2D eigenvalue weighted by Gasteiger charge is -2.06. The minimum Gasteiger partial charge on any atom is -0.383 e. The van der Waals surface area contributed by atoms with Gasteiger partial charge in [0.1, 0.15) is 11.5 Å². The highest BCUT2D eigenvalue weighted by molar-refractivity contribution is 6.36. The maximum Gasteiger partial charge on any atom is 0.129 e. The number of rotatable bonds is 2. The van der Waals surface area contributed by atoms with Gasteiger partial charge in [0.25, 0.3) is 0 Å². The Morgan fingerprint density at radius 3 is 2.67 bits per heavy atom. The lowest BCUT2D eigenvalue weighted by atomic mass is 10.0. The monoisotopic (exact) mass is 318 g/mol. The van der Waals surface area contributed by atoms with E-state index in [0.717, 1.165) is 16.7 Å². The molecule has 2 N–H and O–H groups in total. The summed E-state index contributed by atoms with van der Waals surface area (Å²) in [7, 11) is 1.79. The zero-order chi connectivity index (χ0) is 15.0. The standard InChI is InChI=1S/C15H12Cl2N4/c1-21-15(18)13(9-3-2-6-19-8-9)14(20-21)11-5-4-10(16)7-12(11)17/h2-8H,18H2,1H3. The topological polar surface area (TPSA) is 56.7 Å². The average molecular weight is 319 g/mol. The lowest BCUT2D eigenvalue weighted by molar-refractivity contribution is 0.782. The fourth-order valence-corrected chi connectivity index (χ4v) is 2.70. The number of nitrogens with zero attached hydrogens (tertiary/aromatic N) is 3. The van der Waals surface area contributed by atoms with Crippen LogP contribution in [0.1, 0.15) is 0 Å². The molecule has 4 nitrogen and oxygen atoms in total. The van der Waals surface area contributed by atoms with Crippen LogP contribution in [0.25, 0.3) is 22.4 Å². The maximum absolute atomic E-state index is 6.29. The van der Waals surface area contributed by atoms with Crippen LogP contribution in [0.3, 0.4) is 0 Å². The molecule has 0 amide bonds. The van der Waals surface area contributed by atoms with Crippen molar-refractivity contribution in [2.75, 3.05) is 5.73 Å². The summed E-state index contributed by atoms with van der Waals surface area (Å²) in [6, 6.07) is 9.10. The van der Waals surface area contributed by atoms with Gasteiger partial charge >= 0.3 is 0 Å². The molecule has 2 aromatic heterocycles. The van der Waals surface area contributed by atoms with Crippen molar-refractivity contribution in [2.24, 2.45) is 7.05 Å². The average Bonchev–Trinajstić information content (AvgIpc) is 2.75. The van der Waals surface area contributed by atoms with E-state index in [1.54, 1.807) is 36.3 Å². The van der Waals surface area contributed by atoms with Crippen molar-refractivity contribution in [3.05, 3.63) is 52.8 Å². The summed E-state index contributed by atoms with van der Waals surface area (Å²) in [6.07, 6.45) is 3.46. The van der Waals surface area contributed by atoms with Crippen LogP contribution in [0.5, 0.6) is 0 Å². The number of hydrogen-bond donors (Lipinski definition) is 1. The number of benzene rings is 1. The van der Waals surface area contributed by atoms with Gasteiger partial charge in [0, 0.05) is 35.6 Å². The minimum atomic E-state index is 0.533. The van der Waals surface area contributed by atoms with Crippen LogP contribution >= 0.6 is 23.2 Å². The first-order valence-corrected chi connectivity index (χ1v) is 7.02. The number of hydrogen-bond acceptors (Lipinski definition) is 3. The van der Waals surface area contributed by atoms with Crippen molar-refractivity contribution in [1.29, 1.82) is 0 Å². The number of nitrogen functional groups attached to an aromatic ring is 1. The first-order valence-electron chi connectivity index (χ1n) is 6.26. The van der Waals surface area contributed by atoms with Crippen LogP contribution in [-0.4, -0.2) is 14.8 Å². The van der Waals surface area contributed by atoms with Crippen molar-refractivity contribution in [3.63, 3.8) is 0 Å². The molecule has 0 saturated carbocycles. The molecule has 0 spiro atoms. The summed E-state index contributed by atoms with van der Waals surface area (Å²) in [5, 5.41) is 5.60. The van der Waals surface area contributed by atoms with E-state index in [1.165, 1.54) is 0 Å². The van der Waals surface area contributed by atoms with E-state index in [9.17, 15) is 0 Å². The summed E-state index contributed by atoms with van der Waals surface area (Å²) in [5.74, 6) is 0.559. The van der Waals surface area contributed by atoms with E-state index in [2.05, 4.69) is 10.1 Å². The smallest absolute Gasteiger partial charge is 0.129 e. The zero-order valence-electron chi connectivity index (χ0n) is 11.2. The molecule has 0 radical (unpaired) electrons. The molecule has 0 atom stereocenters. The predicted octanol–water partition coefficient (Wildman–Crippen LogP) is 4.04. The normalized spacial score (nSPS) is 10.8. The Bertz CT molecular complexity index is 797. The fourth-order valence-electron chi connectivity index (χ4n) is 2.20. The SMILES string of the molecule is Cn1nc(-c2ccc(Cl)cc2Cl)c(-c2cccnc2)c1N. The largest absolute Gasteiger partial charge is 0.383 e. The molecule has 6 heteroatoms. The van der Waals surface area contributed by atoms with E-state index >= 15 is 0 Å². The molecule has 21 heavy (non-hydrogen) atoms. The molecule has 3 rings (SSSR count). The van der Waals surface area contributed by atoms with Crippen LogP contribution in [0.2, 0.25) is 10.0 Å². The van der Waals surface area contributed by atoms with Crippen LogP contribution in [-0.2, 0) is 7.05 Å². The number of anilines is 1. The minimum absolute atomic E-state index is 0.533. The van der Waals surface area contributed by atoms with Crippen molar-refractivity contribution in [3.8, 4) is 22.4 Å². The van der Waals surface area contributed by atoms with Gasteiger partial charge in [0.05, 0.1) is 10.6 Å². The van der Waals surface area contributed by atoms with Crippen LogP contribution in [0.4, 0.5) is 5.82 Å². The van der Waals surface area contributed by atoms with E-state index < -0.39 is 0 Å². The van der Waals surface area contributed by atoms with E-state index in [-0.39, 0.29) is 0 Å². The molecule has 0 bridgehead atoms. The van der Waals surface area contributed by atoms with Crippen molar-refractivity contribution >= 4 is 29.0 Å². The van der Waals surface area contributed by atoms with Crippen molar-refractivity contribution in [1.82, 2.24) is 14.8 Å². The van der Waals surface area contributed by atoms with Gasteiger partial charge in [-0.1, -0.05) is 29.3 Å². The van der Waals surface area contributed by atoms with Gasteiger partial charge in [-0.2, -0.15) is 5.10 Å². The maximum atomic E-state index is 6.29. The highest BCUT2D eigenvalue weighted by Gasteiger charge is 2.19. The molecule has 3 aromatic rings. The van der Waals surface area contributed by atoms with Gasteiger partial charge in [-0.3, -0.25) is 9.67 Å². The van der Waals surface area contributed by atoms with E-state index in [4.69, 9.17) is 28.9 Å². The Morgan fingerprint density at radius 2 is 2.00 bits per heavy atom. The summed E-state index contributed by atoms with van der Waals surface area (Å²) >= 11 is 12.2. The highest BCUT2D eigenvalue weighted by Crippen LogP contribution is 2.39. The number of halogens is 2. The fraction of sp³-hybridized carbons (Fsp3) is 0.0667. The first-order chi connectivity index (χ1) is 10.1. The summed E-state index contributed by atoms with van der Waals surface area (Å²) < 4.78 is 1.63. The molecule has 0 aliphatic rings. The third kappa shape index (κ3) is 2.48. The summed E-state index contributed by atoms with van der Waals surface area (Å²) in [4.78, 5) is 4.14. The lowest BCUT2D eigenvalue weighted by Crippen LogP contribution is -1.98. The van der Waals surface area contributed by atoms with Gasteiger partial charge in [0.15, 0.2) is 0 Å². The number of aryl methyl sites for hydroxylation is 1. The molecule has 1 aromatic carbocycles. The summed E-state index contributed by atoms with van der Waals surface area (Å²) in [6.45, 7) is 0. The summed E-state index contributed by atoms with van der Waals surface area (Å²) in [5.41, 5.74) is 9.36. The Labute approximate surface area is 132 Å². The Morgan fingerprint density at radius 1 is 1.19 bits per heavy atom. The number of aromatic nitrogens is 3. The molecular weight excluding hydrogens is 307 g/mol. The second-order valence-corrected chi connectivity index (χ2v) is 5.44. The van der Waals surface area contributed by atoms with Crippen LogP contribution in [0.15, 0.2) is 42.7 Å². The molecule has 0 unspecified atom stereocenters. The molecule has 0 aliphatic heterocycles. The Hall–Kier alpha value is -2.04.